The number of carboxylic acids is 1. The zero-order valence-electron chi connectivity index (χ0n) is 7.75. The van der Waals surface area contributed by atoms with Crippen molar-refractivity contribution in [2.45, 2.75) is 6.42 Å². The molecule has 1 rings (SSSR count). The first-order chi connectivity index (χ1) is 6.97. The van der Waals surface area contributed by atoms with Crippen LogP contribution >= 0.6 is 0 Å². The van der Waals surface area contributed by atoms with E-state index in [0.717, 1.165) is 7.11 Å². The zero-order chi connectivity index (χ0) is 11.6. The van der Waals surface area contributed by atoms with Crippen LogP contribution in [0.15, 0.2) is 6.07 Å². The van der Waals surface area contributed by atoms with Gasteiger partial charge < -0.3 is 14.9 Å². The number of halogens is 2. The first-order valence-corrected chi connectivity index (χ1v) is 3.93. The maximum atomic E-state index is 13.1. The van der Waals surface area contributed by atoms with Gasteiger partial charge >= 0.3 is 5.97 Å². The van der Waals surface area contributed by atoms with Gasteiger partial charge in [0.15, 0.2) is 23.1 Å². The van der Waals surface area contributed by atoms with Crippen LogP contribution in [0.25, 0.3) is 0 Å². The fourth-order valence-corrected chi connectivity index (χ4v) is 1.18. The fraction of sp³-hybridized carbons (Fsp3) is 0.222. The van der Waals surface area contributed by atoms with Gasteiger partial charge in [-0.3, -0.25) is 4.79 Å². The summed E-state index contributed by atoms with van der Waals surface area (Å²) in [6.45, 7) is 0. The van der Waals surface area contributed by atoms with Gasteiger partial charge in [-0.1, -0.05) is 0 Å². The quantitative estimate of drug-likeness (QED) is 0.802. The van der Waals surface area contributed by atoms with Crippen molar-refractivity contribution in [3.05, 3.63) is 23.3 Å². The summed E-state index contributed by atoms with van der Waals surface area (Å²) >= 11 is 0. The van der Waals surface area contributed by atoms with Gasteiger partial charge in [-0.25, -0.2) is 8.78 Å². The summed E-state index contributed by atoms with van der Waals surface area (Å²) in [4.78, 5) is 10.4. The molecule has 1 aromatic rings. The van der Waals surface area contributed by atoms with E-state index >= 15 is 0 Å². The lowest BCUT2D eigenvalue weighted by Crippen LogP contribution is -2.05. The van der Waals surface area contributed by atoms with E-state index in [1.165, 1.54) is 0 Å². The third-order valence-corrected chi connectivity index (χ3v) is 1.79. The van der Waals surface area contributed by atoms with Gasteiger partial charge in [-0.15, -0.1) is 0 Å². The number of carbonyl (C=O) groups is 1. The molecule has 82 valence electrons. The molecule has 6 heteroatoms. The minimum Gasteiger partial charge on any atom is -0.505 e. The maximum Gasteiger partial charge on any atom is 0.308 e. The molecule has 2 N–H and O–H groups in total. The van der Waals surface area contributed by atoms with Gasteiger partial charge in [-0.2, -0.15) is 0 Å². The molecule has 0 aliphatic heterocycles. The summed E-state index contributed by atoms with van der Waals surface area (Å²) in [7, 11) is 1.10. The Morgan fingerprint density at radius 1 is 1.47 bits per heavy atom. The number of rotatable bonds is 3. The van der Waals surface area contributed by atoms with Crippen molar-refractivity contribution < 1.29 is 28.5 Å². The molecule has 0 spiro atoms. The smallest absolute Gasteiger partial charge is 0.308 e. The van der Waals surface area contributed by atoms with Crippen molar-refractivity contribution in [2.24, 2.45) is 0 Å². The summed E-state index contributed by atoms with van der Waals surface area (Å²) in [5.41, 5.74) is -0.414. The molecule has 0 aliphatic carbocycles. The molecule has 0 unspecified atom stereocenters. The lowest BCUT2D eigenvalue weighted by Gasteiger charge is -2.10. The Balaban J connectivity index is 3.36. The number of aliphatic carboxylic acids is 1. The van der Waals surface area contributed by atoms with Crippen molar-refractivity contribution in [3.8, 4) is 11.5 Å². The summed E-state index contributed by atoms with van der Waals surface area (Å²) in [6.07, 6.45) is -0.719. The molecule has 0 aromatic heterocycles. The maximum absolute atomic E-state index is 13.1. The van der Waals surface area contributed by atoms with Crippen LogP contribution in [0.4, 0.5) is 8.78 Å². The Hall–Kier alpha value is -1.85. The Labute approximate surface area is 83.7 Å². The normalized spacial score (nSPS) is 10.1. The van der Waals surface area contributed by atoms with E-state index in [1.54, 1.807) is 0 Å². The molecule has 0 heterocycles. The lowest BCUT2D eigenvalue weighted by atomic mass is 10.1. The molecular formula is C9H8F2O4. The molecule has 0 radical (unpaired) electrons. The topological polar surface area (TPSA) is 66.8 Å². The van der Waals surface area contributed by atoms with E-state index in [0.29, 0.717) is 6.07 Å². The largest absolute Gasteiger partial charge is 0.505 e. The van der Waals surface area contributed by atoms with Gasteiger partial charge in [0.1, 0.15) is 0 Å². The SMILES string of the molecule is COc1c(F)cc(F)c(O)c1CC(=O)O. The van der Waals surface area contributed by atoms with Crippen LogP contribution in [-0.4, -0.2) is 23.3 Å². The van der Waals surface area contributed by atoms with Crippen LogP contribution < -0.4 is 4.74 Å². The average molecular weight is 218 g/mol. The van der Waals surface area contributed by atoms with Gasteiger partial charge in [0, 0.05) is 6.07 Å². The number of phenols is 1. The molecule has 0 atom stereocenters. The number of carboxylic acid groups (broad SMARTS) is 1. The van der Waals surface area contributed by atoms with Crippen LogP contribution in [0.3, 0.4) is 0 Å². The summed E-state index contributed by atoms with van der Waals surface area (Å²) < 4.78 is 30.5. The molecule has 15 heavy (non-hydrogen) atoms. The second-order valence-electron chi connectivity index (χ2n) is 2.77. The third-order valence-electron chi connectivity index (χ3n) is 1.79. The van der Waals surface area contributed by atoms with Crippen LogP contribution in [0.2, 0.25) is 0 Å². The standard InChI is InChI=1S/C9H8F2O4/c1-15-9-4(2-7(12)13)8(14)5(10)3-6(9)11/h3,14H,2H2,1H3,(H,12,13). The van der Waals surface area contributed by atoms with E-state index in [2.05, 4.69) is 4.74 Å². The molecule has 4 nitrogen and oxygen atoms in total. The highest BCUT2D eigenvalue weighted by Gasteiger charge is 2.20. The highest BCUT2D eigenvalue weighted by Crippen LogP contribution is 2.33. The number of methoxy groups -OCH3 is 1. The highest BCUT2D eigenvalue weighted by atomic mass is 19.1. The molecule has 0 saturated heterocycles. The van der Waals surface area contributed by atoms with Crippen molar-refractivity contribution in [1.29, 1.82) is 0 Å². The van der Waals surface area contributed by atoms with Crippen LogP contribution in [0, 0.1) is 11.6 Å². The van der Waals surface area contributed by atoms with Gasteiger partial charge in [0.05, 0.1) is 19.1 Å². The Kier molecular flexibility index (Phi) is 3.08. The van der Waals surface area contributed by atoms with E-state index in [4.69, 9.17) is 5.11 Å². The highest BCUT2D eigenvalue weighted by molar-refractivity contribution is 5.73. The van der Waals surface area contributed by atoms with Crippen LogP contribution in [0.1, 0.15) is 5.56 Å². The molecule has 0 aliphatic rings. The van der Waals surface area contributed by atoms with Crippen molar-refractivity contribution in [1.82, 2.24) is 0 Å². The minimum absolute atomic E-state index is 0.414. The van der Waals surface area contributed by atoms with Crippen molar-refractivity contribution >= 4 is 5.97 Å². The lowest BCUT2D eigenvalue weighted by molar-refractivity contribution is -0.136. The number of hydrogen-bond donors (Lipinski definition) is 2. The monoisotopic (exact) mass is 218 g/mol. The predicted molar refractivity (Wildman–Crippen MR) is 45.9 cm³/mol. The predicted octanol–water partition coefficient (Wildman–Crippen LogP) is 1.31. The average Bonchev–Trinajstić information content (AvgIpc) is 2.13. The van der Waals surface area contributed by atoms with Gasteiger partial charge in [0.25, 0.3) is 0 Å². The molecule has 0 fully saturated rings. The third kappa shape index (κ3) is 2.15. The van der Waals surface area contributed by atoms with Gasteiger partial charge in [0.2, 0.25) is 0 Å². The number of benzene rings is 1. The molecule has 0 amide bonds. The summed E-state index contributed by atoms with van der Waals surface area (Å²) in [5.74, 6) is -4.96. The Morgan fingerprint density at radius 3 is 2.53 bits per heavy atom. The van der Waals surface area contributed by atoms with E-state index in [-0.39, 0.29) is 0 Å². The number of ether oxygens (including phenoxy) is 1. The molecule has 0 saturated carbocycles. The van der Waals surface area contributed by atoms with Crippen molar-refractivity contribution in [2.75, 3.05) is 7.11 Å². The first-order valence-electron chi connectivity index (χ1n) is 3.93. The second kappa shape index (κ2) is 4.12. The molecular weight excluding hydrogens is 210 g/mol. The summed E-state index contributed by atoms with van der Waals surface area (Å²) in [5, 5.41) is 17.7. The van der Waals surface area contributed by atoms with Gasteiger partial charge in [-0.05, 0) is 0 Å². The molecule has 0 bridgehead atoms. The number of phenolic OH excluding ortho intramolecular Hbond substituents is 1. The minimum atomic E-state index is -1.33. The van der Waals surface area contributed by atoms with Crippen LogP contribution in [-0.2, 0) is 11.2 Å². The number of aromatic hydroxyl groups is 1. The van der Waals surface area contributed by atoms with E-state index in [1.807, 2.05) is 0 Å². The second-order valence-corrected chi connectivity index (χ2v) is 2.77. The Morgan fingerprint density at radius 2 is 2.07 bits per heavy atom. The van der Waals surface area contributed by atoms with Crippen LogP contribution in [0.5, 0.6) is 11.5 Å². The Bertz CT molecular complexity index is 404. The van der Waals surface area contributed by atoms with E-state index < -0.39 is 41.1 Å². The number of hydrogen-bond acceptors (Lipinski definition) is 3. The molecule has 1 aromatic carbocycles. The van der Waals surface area contributed by atoms with Crippen molar-refractivity contribution in [3.63, 3.8) is 0 Å². The summed E-state index contributed by atoms with van der Waals surface area (Å²) in [6, 6.07) is 0.430. The van der Waals surface area contributed by atoms with E-state index in [9.17, 15) is 18.7 Å². The zero-order valence-corrected chi connectivity index (χ0v) is 7.75. The first kappa shape index (κ1) is 11.2. The fourth-order valence-electron chi connectivity index (χ4n) is 1.18.